The van der Waals surface area contributed by atoms with Gasteiger partial charge in [-0.2, -0.15) is 0 Å². The lowest BCUT2D eigenvalue weighted by Crippen LogP contribution is -2.26. The number of carbonyl (C=O) groups excluding carboxylic acids is 2. The van der Waals surface area contributed by atoms with Crippen molar-refractivity contribution in [3.63, 3.8) is 0 Å². The van der Waals surface area contributed by atoms with Gasteiger partial charge in [-0.3, -0.25) is 9.59 Å². The van der Waals surface area contributed by atoms with Crippen LogP contribution in [-0.4, -0.2) is 31.6 Å². The minimum absolute atomic E-state index is 0.158. The van der Waals surface area contributed by atoms with Crippen LogP contribution in [0, 0.1) is 18.8 Å². The predicted octanol–water partition coefficient (Wildman–Crippen LogP) is 0.988. The molecule has 1 aromatic carbocycles. The van der Waals surface area contributed by atoms with Crippen LogP contribution < -0.4 is 11.1 Å². The maximum Gasteiger partial charge on any atom is 0.307 e. The van der Waals surface area contributed by atoms with Gasteiger partial charge >= 0.3 is 5.97 Å². The van der Waals surface area contributed by atoms with Gasteiger partial charge in [0, 0.05) is 17.7 Å². The zero-order valence-electron chi connectivity index (χ0n) is 12.4. The molecule has 0 fully saturated rings. The highest BCUT2D eigenvalue weighted by atomic mass is 16.5. The van der Waals surface area contributed by atoms with Crippen LogP contribution in [0.25, 0.3) is 0 Å². The third kappa shape index (κ3) is 5.67. The molecule has 0 radical (unpaired) electrons. The summed E-state index contributed by atoms with van der Waals surface area (Å²) < 4.78 is 4.79. The average Bonchev–Trinajstić information content (AvgIpc) is 2.46. The molecule has 0 unspecified atom stereocenters. The molecule has 0 atom stereocenters. The van der Waals surface area contributed by atoms with E-state index in [1.165, 1.54) is 0 Å². The number of hydrogen-bond donors (Lipinski definition) is 2. The molecule has 0 aliphatic carbocycles. The molecule has 0 spiro atoms. The third-order valence-electron chi connectivity index (χ3n) is 2.74. The Hall–Kier alpha value is -2.32. The maximum atomic E-state index is 12.0. The zero-order chi connectivity index (χ0) is 15.7. The number of aryl methyl sites for hydroxylation is 1. The smallest absolute Gasteiger partial charge is 0.307 e. The molecular formula is C16H20N2O3. The summed E-state index contributed by atoms with van der Waals surface area (Å²) in [6.45, 7) is 4.52. The molecule has 0 aliphatic heterocycles. The molecular weight excluding hydrogens is 268 g/mol. The van der Waals surface area contributed by atoms with Gasteiger partial charge in [0.1, 0.15) is 0 Å². The van der Waals surface area contributed by atoms with E-state index in [4.69, 9.17) is 10.5 Å². The monoisotopic (exact) mass is 288 g/mol. The van der Waals surface area contributed by atoms with Gasteiger partial charge in [0.25, 0.3) is 5.91 Å². The Balaban J connectivity index is 2.64. The van der Waals surface area contributed by atoms with Crippen molar-refractivity contribution in [2.75, 3.05) is 19.7 Å². The van der Waals surface area contributed by atoms with E-state index in [2.05, 4.69) is 17.2 Å². The molecule has 5 heteroatoms. The highest BCUT2D eigenvalue weighted by Gasteiger charge is 2.08. The molecule has 0 saturated carbocycles. The molecule has 1 aromatic rings. The van der Waals surface area contributed by atoms with Gasteiger partial charge < -0.3 is 15.8 Å². The number of amides is 1. The Labute approximate surface area is 124 Å². The Bertz CT molecular complexity index is 571. The summed E-state index contributed by atoms with van der Waals surface area (Å²) in [5, 5.41) is 2.68. The maximum absolute atomic E-state index is 12.0. The van der Waals surface area contributed by atoms with Crippen molar-refractivity contribution >= 4 is 11.9 Å². The molecule has 3 N–H and O–H groups in total. The number of esters is 1. The van der Waals surface area contributed by atoms with Gasteiger partial charge in [0.15, 0.2) is 0 Å². The van der Waals surface area contributed by atoms with E-state index in [1.54, 1.807) is 19.1 Å². The van der Waals surface area contributed by atoms with E-state index in [0.717, 1.165) is 11.1 Å². The summed E-state index contributed by atoms with van der Waals surface area (Å²) in [7, 11) is 0. The molecule has 0 saturated heterocycles. The lowest BCUT2D eigenvalue weighted by atomic mass is 10.0. The van der Waals surface area contributed by atoms with Crippen molar-refractivity contribution in [1.29, 1.82) is 0 Å². The van der Waals surface area contributed by atoms with Crippen LogP contribution in [0.3, 0.4) is 0 Å². The van der Waals surface area contributed by atoms with Crippen molar-refractivity contribution in [3.8, 4) is 11.8 Å². The first-order valence-electron chi connectivity index (χ1n) is 6.82. The molecule has 0 aliphatic rings. The van der Waals surface area contributed by atoms with Crippen molar-refractivity contribution in [2.45, 2.75) is 20.3 Å². The van der Waals surface area contributed by atoms with Gasteiger partial charge in [-0.25, -0.2) is 0 Å². The van der Waals surface area contributed by atoms with E-state index in [9.17, 15) is 9.59 Å². The second kappa shape index (κ2) is 8.77. The van der Waals surface area contributed by atoms with E-state index < -0.39 is 0 Å². The Morgan fingerprint density at radius 1 is 1.38 bits per heavy atom. The van der Waals surface area contributed by atoms with Gasteiger partial charge in [-0.1, -0.05) is 17.9 Å². The van der Waals surface area contributed by atoms with Crippen LogP contribution in [0.5, 0.6) is 0 Å². The minimum Gasteiger partial charge on any atom is -0.466 e. The SMILES string of the molecule is CCOC(=O)CCNC(=O)c1ccc(C)c(C#CCN)c1. The fourth-order valence-electron chi connectivity index (χ4n) is 1.66. The first-order chi connectivity index (χ1) is 10.1. The lowest BCUT2D eigenvalue weighted by Gasteiger charge is -2.06. The number of nitrogens with one attached hydrogen (secondary N) is 1. The van der Waals surface area contributed by atoms with Crippen LogP contribution in [0.1, 0.15) is 34.8 Å². The second-order valence-corrected chi connectivity index (χ2v) is 4.35. The van der Waals surface area contributed by atoms with E-state index in [-0.39, 0.29) is 31.4 Å². The molecule has 1 rings (SSSR count). The fourth-order valence-corrected chi connectivity index (χ4v) is 1.66. The van der Waals surface area contributed by atoms with Crippen molar-refractivity contribution in [1.82, 2.24) is 5.32 Å². The fraction of sp³-hybridized carbons (Fsp3) is 0.375. The van der Waals surface area contributed by atoms with Crippen LogP contribution in [-0.2, 0) is 9.53 Å². The molecule has 21 heavy (non-hydrogen) atoms. The van der Waals surface area contributed by atoms with E-state index in [0.29, 0.717) is 12.2 Å². The molecule has 5 nitrogen and oxygen atoms in total. The summed E-state index contributed by atoms with van der Waals surface area (Å²) >= 11 is 0. The normalized spacial score (nSPS) is 9.48. The first kappa shape index (κ1) is 16.7. The quantitative estimate of drug-likeness (QED) is 0.625. The van der Waals surface area contributed by atoms with Crippen molar-refractivity contribution in [2.24, 2.45) is 5.73 Å². The van der Waals surface area contributed by atoms with Crippen LogP contribution in [0.2, 0.25) is 0 Å². The Morgan fingerprint density at radius 3 is 2.81 bits per heavy atom. The predicted molar refractivity (Wildman–Crippen MR) is 80.7 cm³/mol. The number of carbonyl (C=O) groups is 2. The van der Waals surface area contributed by atoms with Gasteiger partial charge in [-0.15, -0.1) is 0 Å². The summed E-state index contributed by atoms with van der Waals surface area (Å²) in [5.74, 6) is 5.13. The zero-order valence-corrected chi connectivity index (χ0v) is 12.4. The Morgan fingerprint density at radius 2 is 2.14 bits per heavy atom. The van der Waals surface area contributed by atoms with Gasteiger partial charge in [-0.05, 0) is 31.5 Å². The largest absolute Gasteiger partial charge is 0.466 e. The second-order valence-electron chi connectivity index (χ2n) is 4.35. The van der Waals surface area contributed by atoms with Crippen molar-refractivity contribution in [3.05, 3.63) is 34.9 Å². The number of ether oxygens (including phenoxy) is 1. The standard InChI is InChI=1S/C16H20N2O3/c1-3-21-15(19)8-10-18-16(20)14-7-6-12(2)13(11-14)5-4-9-17/h6-7,11H,3,8-10,17H2,1-2H3,(H,18,20). The Kier molecular flexibility index (Phi) is 6.99. The van der Waals surface area contributed by atoms with Crippen LogP contribution in [0.15, 0.2) is 18.2 Å². The number of nitrogens with two attached hydrogens (primary N) is 1. The minimum atomic E-state index is -0.323. The molecule has 112 valence electrons. The van der Waals surface area contributed by atoms with Crippen LogP contribution >= 0.6 is 0 Å². The third-order valence-corrected chi connectivity index (χ3v) is 2.74. The average molecular weight is 288 g/mol. The molecule has 1 amide bonds. The van der Waals surface area contributed by atoms with E-state index in [1.807, 2.05) is 13.0 Å². The van der Waals surface area contributed by atoms with Crippen molar-refractivity contribution < 1.29 is 14.3 Å². The van der Waals surface area contributed by atoms with Crippen LogP contribution in [0.4, 0.5) is 0 Å². The highest BCUT2D eigenvalue weighted by molar-refractivity contribution is 5.94. The summed E-state index contributed by atoms with van der Waals surface area (Å²) in [5.41, 5.74) is 7.61. The lowest BCUT2D eigenvalue weighted by molar-refractivity contribution is -0.142. The highest BCUT2D eigenvalue weighted by Crippen LogP contribution is 2.10. The summed E-state index contributed by atoms with van der Waals surface area (Å²) in [6, 6.07) is 5.28. The number of hydrogen-bond acceptors (Lipinski definition) is 4. The summed E-state index contributed by atoms with van der Waals surface area (Å²) in [6.07, 6.45) is 0.158. The summed E-state index contributed by atoms with van der Waals surface area (Å²) in [4.78, 5) is 23.2. The van der Waals surface area contributed by atoms with Gasteiger partial charge in [0.2, 0.25) is 0 Å². The van der Waals surface area contributed by atoms with E-state index >= 15 is 0 Å². The topological polar surface area (TPSA) is 81.4 Å². The first-order valence-corrected chi connectivity index (χ1v) is 6.82. The molecule has 0 bridgehead atoms. The molecule has 0 aromatic heterocycles. The van der Waals surface area contributed by atoms with Gasteiger partial charge in [0.05, 0.1) is 19.6 Å². The number of benzene rings is 1. The molecule has 0 heterocycles. The number of rotatable bonds is 5.